The maximum Gasteiger partial charge on any atom is 0.289 e. The summed E-state index contributed by atoms with van der Waals surface area (Å²) in [6.45, 7) is 0. The average molecular weight is 338 g/mol. The van der Waals surface area contributed by atoms with Crippen LogP contribution in [0.5, 0.6) is 11.6 Å². The minimum atomic E-state index is -0.670. The number of nitriles is 1. The van der Waals surface area contributed by atoms with E-state index < -0.39 is 10.7 Å². The molecule has 1 heterocycles. The van der Waals surface area contributed by atoms with Crippen LogP contribution in [0, 0.1) is 27.3 Å². The summed E-state index contributed by atoms with van der Waals surface area (Å²) in [6, 6.07) is 6.60. The van der Waals surface area contributed by atoms with Crippen molar-refractivity contribution in [1.29, 1.82) is 5.26 Å². The van der Waals surface area contributed by atoms with E-state index in [1.165, 1.54) is 12.1 Å². The minimum absolute atomic E-state index is 0.111. The lowest BCUT2D eigenvalue weighted by atomic mass is 10.2. The molecule has 0 bridgehead atoms. The molecule has 0 N–H and O–H groups in total. The molecule has 0 saturated carbocycles. The molecule has 0 fully saturated rings. The van der Waals surface area contributed by atoms with Gasteiger partial charge in [-0.05, 0) is 12.1 Å². The van der Waals surface area contributed by atoms with Gasteiger partial charge in [0.25, 0.3) is 5.69 Å². The van der Waals surface area contributed by atoms with Crippen molar-refractivity contribution in [2.45, 2.75) is 0 Å². The highest BCUT2D eigenvalue weighted by molar-refractivity contribution is 9.10. The van der Waals surface area contributed by atoms with E-state index in [0.29, 0.717) is 4.47 Å². The Balaban J connectivity index is 2.38. The normalized spacial score (nSPS) is 9.85. The van der Waals surface area contributed by atoms with E-state index in [4.69, 9.17) is 10.00 Å². The number of pyridine rings is 1. The fraction of sp³-hybridized carbons (Fsp3) is 0. The molecule has 2 aromatic rings. The lowest BCUT2D eigenvalue weighted by Gasteiger charge is -2.06. The van der Waals surface area contributed by atoms with Crippen LogP contribution in [0.25, 0.3) is 0 Å². The Bertz CT molecular complexity index is 710. The van der Waals surface area contributed by atoms with Gasteiger partial charge in [0.2, 0.25) is 5.88 Å². The second kappa shape index (κ2) is 5.63. The van der Waals surface area contributed by atoms with E-state index in [1.807, 2.05) is 0 Å². The zero-order chi connectivity index (χ0) is 14.7. The second-order valence-electron chi connectivity index (χ2n) is 3.62. The number of benzene rings is 1. The number of halogens is 2. The quantitative estimate of drug-likeness (QED) is 0.631. The molecule has 0 aliphatic rings. The van der Waals surface area contributed by atoms with E-state index in [-0.39, 0.29) is 22.9 Å². The third-order valence-corrected chi connectivity index (χ3v) is 2.68. The van der Waals surface area contributed by atoms with Crippen LogP contribution < -0.4 is 4.74 Å². The van der Waals surface area contributed by atoms with Gasteiger partial charge in [-0.15, -0.1) is 0 Å². The molecular formula is C12H5BrFN3O3. The van der Waals surface area contributed by atoms with Crippen LogP contribution in [0.1, 0.15) is 5.56 Å². The molecule has 0 atom stereocenters. The van der Waals surface area contributed by atoms with Crippen LogP contribution in [0.2, 0.25) is 0 Å². The van der Waals surface area contributed by atoms with E-state index in [9.17, 15) is 14.5 Å². The molecule has 0 spiro atoms. The average Bonchev–Trinajstić information content (AvgIpc) is 2.37. The fourth-order valence-electron chi connectivity index (χ4n) is 1.40. The van der Waals surface area contributed by atoms with Crippen molar-refractivity contribution in [2.24, 2.45) is 0 Å². The lowest BCUT2D eigenvalue weighted by molar-refractivity contribution is -0.385. The van der Waals surface area contributed by atoms with Gasteiger partial charge in [0, 0.05) is 16.6 Å². The zero-order valence-electron chi connectivity index (χ0n) is 9.71. The van der Waals surface area contributed by atoms with Crippen molar-refractivity contribution in [1.82, 2.24) is 4.98 Å². The molecule has 2 rings (SSSR count). The van der Waals surface area contributed by atoms with Gasteiger partial charge in [-0.2, -0.15) is 5.26 Å². The first kappa shape index (κ1) is 13.9. The van der Waals surface area contributed by atoms with Gasteiger partial charge in [0.05, 0.1) is 4.92 Å². The standard InChI is InChI=1S/C12H5BrFN3O3/c13-8-2-9(14)4-11(3-8)20-12-7(5-15)1-10(6-16-12)17(18)19/h1-4,6H. The molecule has 8 heteroatoms. The van der Waals surface area contributed by atoms with Gasteiger partial charge in [0.15, 0.2) is 0 Å². The van der Waals surface area contributed by atoms with Crippen molar-refractivity contribution >= 4 is 21.6 Å². The predicted octanol–water partition coefficient (Wildman–Crippen LogP) is 3.56. The molecule has 0 aliphatic heterocycles. The topological polar surface area (TPSA) is 89.0 Å². The minimum Gasteiger partial charge on any atom is -0.438 e. The van der Waals surface area contributed by atoms with E-state index >= 15 is 0 Å². The van der Waals surface area contributed by atoms with E-state index in [1.54, 1.807) is 6.07 Å². The monoisotopic (exact) mass is 337 g/mol. The zero-order valence-corrected chi connectivity index (χ0v) is 11.3. The van der Waals surface area contributed by atoms with Crippen LogP contribution in [0.4, 0.5) is 10.1 Å². The highest BCUT2D eigenvalue weighted by atomic mass is 79.9. The van der Waals surface area contributed by atoms with Crippen molar-refractivity contribution in [3.8, 4) is 17.7 Å². The molecule has 1 aromatic carbocycles. The first-order chi connectivity index (χ1) is 9.49. The highest BCUT2D eigenvalue weighted by Crippen LogP contribution is 2.28. The Labute approximate surface area is 120 Å². The molecule has 1 aromatic heterocycles. The number of hydrogen-bond acceptors (Lipinski definition) is 5. The number of rotatable bonds is 3. The maximum atomic E-state index is 13.2. The summed E-state index contributed by atoms with van der Waals surface area (Å²) < 4.78 is 18.9. The summed E-state index contributed by atoms with van der Waals surface area (Å²) in [6.07, 6.45) is 0.963. The Morgan fingerprint density at radius 3 is 2.75 bits per heavy atom. The Hall–Kier alpha value is -2.53. The molecule has 100 valence electrons. The van der Waals surface area contributed by atoms with Crippen LogP contribution >= 0.6 is 15.9 Å². The van der Waals surface area contributed by atoms with Crippen LogP contribution in [0.3, 0.4) is 0 Å². The van der Waals surface area contributed by atoms with Gasteiger partial charge in [-0.3, -0.25) is 10.1 Å². The summed E-state index contributed by atoms with van der Waals surface area (Å²) >= 11 is 3.10. The third-order valence-electron chi connectivity index (χ3n) is 2.22. The first-order valence-corrected chi connectivity index (χ1v) is 5.97. The summed E-state index contributed by atoms with van der Waals surface area (Å²) in [5, 5.41) is 19.5. The van der Waals surface area contributed by atoms with Gasteiger partial charge in [0.1, 0.15) is 29.4 Å². The number of nitrogens with zero attached hydrogens (tertiary/aromatic N) is 3. The van der Waals surface area contributed by atoms with Gasteiger partial charge in [-0.1, -0.05) is 15.9 Å². The van der Waals surface area contributed by atoms with Crippen molar-refractivity contribution in [3.05, 3.63) is 56.4 Å². The third kappa shape index (κ3) is 3.07. The molecule has 0 saturated heterocycles. The van der Waals surface area contributed by atoms with Gasteiger partial charge >= 0.3 is 0 Å². The first-order valence-electron chi connectivity index (χ1n) is 5.18. The molecular weight excluding hydrogens is 333 g/mol. The van der Waals surface area contributed by atoms with Gasteiger partial charge in [-0.25, -0.2) is 9.37 Å². The maximum absolute atomic E-state index is 13.2. The fourth-order valence-corrected chi connectivity index (χ4v) is 1.85. The Kier molecular flexibility index (Phi) is 3.91. The molecule has 6 nitrogen and oxygen atoms in total. The molecule has 0 amide bonds. The highest BCUT2D eigenvalue weighted by Gasteiger charge is 2.14. The van der Waals surface area contributed by atoms with Crippen molar-refractivity contribution in [2.75, 3.05) is 0 Å². The largest absolute Gasteiger partial charge is 0.438 e. The van der Waals surface area contributed by atoms with Crippen LogP contribution in [0.15, 0.2) is 34.9 Å². The second-order valence-corrected chi connectivity index (χ2v) is 4.54. The molecule has 0 aliphatic carbocycles. The van der Waals surface area contributed by atoms with Crippen LogP contribution in [-0.4, -0.2) is 9.91 Å². The van der Waals surface area contributed by atoms with E-state index in [0.717, 1.165) is 18.3 Å². The predicted molar refractivity (Wildman–Crippen MR) is 69.8 cm³/mol. The lowest BCUT2D eigenvalue weighted by Crippen LogP contribution is -1.96. The number of ether oxygens (including phenoxy) is 1. The van der Waals surface area contributed by atoms with E-state index in [2.05, 4.69) is 20.9 Å². The SMILES string of the molecule is N#Cc1cc([N+](=O)[O-])cnc1Oc1cc(F)cc(Br)c1. The Morgan fingerprint density at radius 1 is 1.40 bits per heavy atom. The van der Waals surface area contributed by atoms with Crippen LogP contribution in [-0.2, 0) is 0 Å². The summed E-state index contributed by atoms with van der Waals surface area (Å²) in [5.41, 5.74) is -0.436. The smallest absolute Gasteiger partial charge is 0.289 e. The Morgan fingerprint density at radius 2 is 2.15 bits per heavy atom. The molecule has 0 radical (unpaired) electrons. The summed E-state index contributed by atoms with van der Waals surface area (Å²) in [4.78, 5) is 13.6. The number of aromatic nitrogens is 1. The van der Waals surface area contributed by atoms with Crippen molar-refractivity contribution in [3.63, 3.8) is 0 Å². The molecule has 0 unspecified atom stereocenters. The van der Waals surface area contributed by atoms with Gasteiger partial charge < -0.3 is 4.74 Å². The number of nitro groups is 1. The van der Waals surface area contributed by atoms with Crippen molar-refractivity contribution < 1.29 is 14.1 Å². The summed E-state index contributed by atoms with van der Waals surface area (Å²) in [5.74, 6) is -0.542. The number of hydrogen-bond donors (Lipinski definition) is 0. The molecule has 20 heavy (non-hydrogen) atoms. The summed E-state index contributed by atoms with van der Waals surface area (Å²) in [7, 11) is 0.